The van der Waals surface area contributed by atoms with E-state index in [0.717, 1.165) is 27.5 Å². The van der Waals surface area contributed by atoms with Crippen LogP contribution < -0.4 is 10.4 Å². The van der Waals surface area contributed by atoms with Crippen molar-refractivity contribution in [2.45, 2.75) is 20.8 Å². The van der Waals surface area contributed by atoms with Gasteiger partial charge in [0.1, 0.15) is 11.2 Å². The van der Waals surface area contributed by atoms with Gasteiger partial charge in [0.2, 0.25) is 0 Å². The first-order valence-electron chi connectivity index (χ1n) is 17.6. The molecule has 0 aliphatic carbocycles. The van der Waals surface area contributed by atoms with Crippen LogP contribution in [0.15, 0.2) is 156 Å². The highest BCUT2D eigenvalue weighted by Crippen LogP contribution is 2.39. The molecule has 9 rings (SSSR count). The first kappa shape index (κ1) is 31.1. The Balaban J connectivity index is 1.25. The lowest BCUT2D eigenvalue weighted by molar-refractivity contribution is 0.669. The molecule has 244 valence electrons. The lowest BCUT2D eigenvalue weighted by Gasteiger charge is -2.10. The van der Waals surface area contributed by atoms with Crippen LogP contribution in [0.4, 0.5) is 0 Å². The van der Waals surface area contributed by atoms with Crippen LogP contribution in [0.25, 0.3) is 98.4 Å². The van der Waals surface area contributed by atoms with Gasteiger partial charge in [-0.15, -0.1) is 11.3 Å². The Morgan fingerprint density at radius 1 is 0.431 bits per heavy atom. The van der Waals surface area contributed by atoms with Gasteiger partial charge in [0.05, 0.1) is 0 Å². The number of rotatable bonds is 3. The molecule has 9 aromatic rings. The van der Waals surface area contributed by atoms with Gasteiger partial charge in [0, 0.05) is 30.9 Å². The monoisotopic (exact) mass is 672 g/mol. The predicted octanol–water partition coefficient (Wildman–Crippen LogP) is 13.1. The molecule has 0 radical (unpaired) electrons. The molecular weight excluding hydrogens is 637 g/mol. The fourth-order valence-electron chi connectivity index (χ4n) is 7.69. The molecule has 0 unspecified atom stereocenters. The summed E-state index contributed by atoms with van der Waals surface area (Å²) in [6, 6.07) is 55.1. The third kappa shape index (κ3) is 5.40. The van der Waals surface area contributed by atoms with E-state index in [4.69, 9.17) is 4.42 Å². The fourth-order valence-corrected chi connectivity index (χ4v) is 8.82. The van der Waals surface area contributed by atoms with Crippen LogP contribution in [-0.4, -0.2) is 0 Å². The molecule has 0 aliphatic rings. The molecular formula is C49H36OS. The maximum Gasteiger partial charge on any atom is 0.136 e. The van der Waals surface area contributed by atoms with E-state index < -0.39 is 0 Å². The Morgan fingerprint density at radius 3 is 1.80 bits per heavy atom. The predicted molar refractivity (Wildman–Crippen MR) is 222 cm³/mol. The third-order valence-electron chi connectivity index (χ3n) is 10.2. The van der Waals surface area contributed by atoms with Crippen molar-refractivity contribution in [3.05, 3.63) is 168 Å². The summed E-state index contributed by atoms with van der Waals surface area (Å²) in [5.41, 5.74) is 10.3. The highest BCUT2D eigenvalue weighted by atomic mass is 32.1. The molecule has 7 aromatic carbocycles. The average molecular weight is 673 g/mol. The molecule has 1 nitrogen and oxygen atoms in total. The van der Waals surface area contributed by atoms with E-state index in [1.807, 2.05) is 11.3 Å². The first-order valence-corrected chi connectivity index (χ1v) is 18.4. The summed E-state index contributed by atoms with van der Waals surface area (Å²) < 4.78 is 9.15. The van der Waals surface area contributed by atoms with Gasteiger partial charge in [0.15, 0.2) is 0 Å². The molecule has 0 atom stereocenters. The smallest absolute Gasteiger partial charge is 0.136 e. The third-order valence-corrected chi connectivity index (χ3v) is 11.3. The van der Waals surface area contributed by atoms with Crippen molar-refractivity contribution in [3.63, 3.8) is 0 Å². The lowest BCUT2D eigenvalue weighted by atomic mass is 9.94. The standard InChI is InChI=1S/C49H36OS/c1-4-37-38(5-2)41(20-9-7-6-8-19-40(37)33-17-14-16-32(25-33)39-18-11-10-15-31(39)3)34-23-24-46-43(26-34)44-27-36-30-49-45(28-35(36)29-47(44)50-46)42-21-12-13-22-48(42)51-49/h4-30H,1-3H3. The average Bonchev–Trinajstić information content (AvgIpc) is 3.71. The Bertz CT molecular complexity index is 3010. The second-order valence-electron chi connectivity index (χ2n) is 13.2. The number of fused-ring (bicyclic) bond motifs is 7. The SMILES string of the molecule is CC=c1c(-c2cccc(-c3ccccc3C)c2)ccccccc(-c2ccc3oc4cc5cc6c(cc5cc4c3c2)sc2ccccc26)c1=CC. The minimum absolute atomic E-state index is 0.900. The van der Waals surface area contributed by atoms with Gasteiger partial charge in [-0.2, -0.15) is 0 Å². The summed E-state index contributed by atoms with van der Waals surface area (Å²) in [6.07, 6.45) is 4.50. The van der Waals surface area contributed by atoms with Gasteiger partial charge in [-0.3, -0.25) is 0 Å². The van der Waals surface area contributed by atoms with Crippen molar-refractivity contribution in [1.82, 2.24) is 0 Å². The van der Waals surface area contributed by atoms with Gasteiger partial charge < -0.3 is 4.42 Å². The van der Waals surface area contributed by atoms with Crippen LogP contribution >= 0.6 is 11.3 Å². The summed E-state index contributed by atoms with van der Waals surface area (Å²) in [5.74, 6) is 0. The Morgan fingerprint density at radius 2 is 1.04 bits per heavy atom. The number of aryl methyl sites for hydroxylation is 1. The number of hydrogen-bond donors (Lipinski definition) is 0. The van der Waals surface area contributed by atoms with Crippen LogP contribution in [0.2, 0.25) is 0 Å². The molecule has 0 aliphatic heterocycles. The zero-order chi connectivity index (χ0) is 34.5. The zero-order valence-corrected chi connectivity index (χ0v) is 29.7. The van der Waals surface area contributed by atoms with Crippen LogP contribution in [0.1, 0.15) is 19.4 Å². The lowest BCUT2D eigenvalue weighted by Crippen LogP contribution is -2.27. The van der Waals surface area contributed by atoms with E-state index in [2.05, 4.69) is 185 Å². The summed E-state index contributed by atoms with van der Waals surface area (Å²) in [4.78, 5) is 0. The van der Waals surface area contributed by atoms with Gasteiger partial charge in [-0.05, 0) is 129 Å². The van der Waals surface area contributed by atoms with Crippen molar-refractivity contribution in [2.24, 2.45) is 0 Å². The van der Waals surface area contributed by atoms with Crippen molar-refractivity contribution >= 4 is 76.4 Å². The molecule has 0 N–H and O–H groups in total. The van der Waals surface area contributed by atoms with E-state index in [0.29, 0.717) is 0 Å². The van der Waals surface area contributed by atoms with Crippen molar-refractivity contribution in [1.29, 1.82) is 0 Å². The number of thiophene rings is 1. The van der Waals surface area contributed by atoms with Crippen molar-refractivity contribution in [3.8, 4) is 33.4 Å². The fraction of sp³-hybridized carbons (Fsp3) is 0.0612. The Labute approximate surface area is 301 Å². The molecule has 0 bridgehead atoms. The number of benzene rings is 6. The molecule has 0 saturated heterocycles. The van der Waals surface area contributed by atoms with Crippen LogP contribution in [0, 0.1) is 6.92 Å². The van der Waals surface area contributed by atoms with E-state index in [1.54, 1.807) is 0 Å². The van der Waals surface area contributed by atoms with E-state index in [9.17, 15) is 0 Å². The van der Waals surface area contributed by atoms with Gasteiger partial charge >= 0.3 is 0 Å². The molecule has 0 spiro atoms. The van der Waals surface area contributed by atoms with Crippen LogP contribution in [-0.2, 0) is 0 Å². The van der Waals surface area contributed by atoms with Gasteiger partial charge in [-0.1, -0.05) is 115 Å². The summed E-state index contributed by atoms with van der Waals surface area (Å²) in [5, 5.41) is 9.70. The highest BCUT2D eigenvalue weighted by Gasteiger charge is 2.13. The van der Waals surface area contributed by atoms with Gasteiger partial charge in [-0.25, -0.2) is 0 Å². The van der Waals surface area contributed by atoms with Gasteiger partial charge in [0.25, 0.3) is 0 Å². The highest BCUT2D eigenvalue weighted by molar-refractivity contribution is 7.25. The van der Waals surface area contributed by atoms with E-state index in [1.165, 1.54) is 74.8 Å². The maximum absolute atomic E-state index is 6.52. The van der Waals surface area contributed by atoms with Crippen molar-refractivity contribution < 1.29 is 4.42 Å². The first-order chi connectivity index (χ1) is 25.1. The van der Waals surface area contributed by atoms with E-state index in [-0.39, 0.29) is 0 Å². The molecule has 2 heterocycles. The van der Waals surface area contributed by atoms with Crippen LogP contribution in [0.5, 0.6) is 0 Å². The summed E-state index contributed by atoms with van der Waals surface area (Å²) in [6.45, 7) is 6.47. The molecule has 0 fully saturated rings. The van der Waals surface area contributed by atoms with Crippen molar-refractivity contribution in [2.75, 3.05) is 0 Å². The molecule has 0 saturated carbocycles. The topological polar surface area (TPSA) is 13.1 Å². The molecule has 0 amide bonds. The number of furan rings is 1. The Hall–Kier alpha value is -5.96. The molecule has 2 heteroatoms. The minimum atomic E-state index is 0.900. The molecule has 2 aromatic heterocycles. The largest absolute Gasteiger partial charge is 0.456 e. The Kier molecular flexibility index (Phi) is 7.75. The maximum atomic E-state index is 6.52. The zero-order valence-electron chi connectivity index (χ0n) is 28.9. The normalized spacial score (nSPS) is 12.5. The second-order valence-corrected chi connectivity index (χ2v) is 14.3. The van der Waals surface area contributed by atoms with E-state index >= 15 is 0 Å². The summed E-state index contributed by atoms with van der Waals surface area (Å²) in [7, 11) is 0. The quantitative estimate of drug-likeness (QED) is 0.182. The molecule has 51 heavy (non-hydrogen) atoms. The number of hydrogen-bond acceptors (Lipinski definition) is 2. The summed E-state index contributed by atoms with van der Waals surface area (Å²) >= 11 is 1.86. The second kappa shape index (κ2) is 12.7. The van der Waals surface area contributed by atoms with Crippen LogP contribution in [0.3, 0.4) is 0 Å². The minimum Gasteiger partial charge on any atom is -0.456 e.